The molecule has 4 bridgehead atoms. The van der Waals surface area contributed by atoms with Crippen LogP contribution in [0.2, 0.25) is 0 Å². The van der Waals surface area contributed by atoms with E-state index in [0.29, 0.717) is 31.6 Å². The molecule has 0 spiro atoms. The lowest BCUT2D eigenvalue weighted by atomic mass is 9.47. The molecular formula is C21H26FN3O4S. The Hall–Kier alpha value is -2.00. The number of benzene rings is 1. The number of halogens is 1. The van der Waals surface area contributed by atoms with Gasteiger partial charge in [-0.05, 0) is 74.8 Å². The third-order valence-corrected chi connectivity index (χ3v) is 9.30. The molecule has 0 radical (unpaired) electrons. The van der Waals surface area contributed by atoms with Gasteiger partial charge in [0.05, 0.1) is 0 Å². The van der Waals surface area contributed by atoms with E-state index in [1.54, 1.807) is 0 Å². The second-order valence-electron chi connectivity index (χ2n) is 9.73. The normalized spacial score (nSPS) is 35.8. The van der Waals surface area contributed by atoms with E-state index in [4.69, 9.17) is 5.73 Å². The number of hydrogen-bond acceptors (Lipinski definition) is 4. The zero-order valence-corrected chi connectivity index (χ0v) is 17.4. The van der Waals surface area contributed by atoms with Crippen LogP contribution >= 0.6 is 0 Å². The number of carbonyl (C=O) groups excluding carboxylic acids is 2. The van der Waals surface area contributed by atoms with Crippen LogP contribution in [-0.4, -0.2) is 31.8 Å². The predicted octanol–water partition coefficient (Wildman–Crippen LogP) is 1.43. The van der Waals surface area contributed by atoms with Crippen LogP contribution in [0.15, 0.2) is 29.2 Å². The van der Waals surface area contributed by atoms with Crippen molar-refractivity contribution in [3.8, 4) is 0 Å². The summed E-state index contributed by atoms with van der Waals surface area (Å²) < 4.78 is 41.8. The number of carbonyl (C=O) groups is 2. The van der Waals surface area contributed by atoms with Crippen molar-refractivity contribution in [1.29, 1.82) is 0 Å². The smallest absolute Gasteiger partial charge is 0.244 e. The quantitative estimate of drug-likeness (QED) is 0.626. The van der Waals surface area contributed by atoms with Crippen LogP contribution in [0.4, 0.5) is 4.39 Å². The van der Waals surface area contributed by atoms with Gasteiger partial charge in [0.25, 0.3) is 0 Å². The maximum absolute atomic E-state index is 14.0. The molecular weight excluding hydrogens is 409 g/mol. The van der Waals surface area contributed by atoms with Crippen molar-refractivity contribution in [1.82, 2.24) is 10.0 Å². The molecule has 5 aliphatic rings. The highest BCUT2D eigenvalue weighted by Crippen LogP contribution is 2.60. The van der Waals surface area contributed by atoms with Crippen molar-refractivity contribution in [3.63, 3.8) is 0 Å². The topological polar surface area (TPSA) is 118 Å². The molecule has 7 nitrogen and oxygen atoms in total. The van der Waals surface area contributed by atoms with Gasteiger partial charge in [-0.1, -0.05) is 12.1 Å². The lowest BCUT2D eigenvalue weighted by Crippen LogP contribution is -2.64. The molecule has 162 valence electrons. The lowest BCUT2D eigenvalue weighted by Gasteiger charge is -2.59. The van der Waals surface area contributed by atoms with Gasteiger partial charge in [0.15, 0.2) is 0 Å². The number of primary amides is 1. The van der Waals surface area contributed by atoms with Gasteiger partial charge < -0.3 is 11.1 Å². The average molecular weight is 436 g/mol. The SMILES string of the molecule is NC(=O)C12CC3CC(C1)C(NC(=O)C1(NS(=O)(=O)c4ccccc4F)CC1)C(C3)C2. The molecule has 6 rings (SSSR count). The molecule has 0 aliphatic heterocycles. The van der Waals surface area contributed by atoms with E-state index in [9.17, 15) is 22.4 Å². The molecule has 0 aromatic heterocycles. The molecule has 30 heavy (non-hydrogen) atoms. The minimum atomic E-state index is -4.16. The van der Waals surface area contributed by atoms with Crippen molar-refractivity contribution in [2.75, 3.05) is 0 Å². The molecule has 4 N–H and O–H groups in total. The standard InChI is InChI=1S/C21H26FN3O4S/c22-15-3-1-2-4-16(15)30(28,29)25-21(5-6-21)19(27)24-17-13-7-12-8-14(17)11-20(9-12,10-13)18(23)26/h1-4,12-14,17,25H,5-11H2,(H2,23,26)(H,24,27). The van der Waals surface area contributed by atoms with Crippen molar-refractivity contribution in [2.45, 2.75) is 61.4 Å². The Morgan fingerprint density at radius 1 is 1.07 bits per heavy atom. The van der Waals surface area contributed by atoms with Crippen molar-refractivity contribution in [2.24, 2.45) is 28.9 Å². The molecule has 2 unspecified atom stereocenters. The average Bonchev–Trinajstić information content (AvgIpc) is 3.44. The van der Waals surface area contributed by atoms with E-state index in [2.05, 4.69) is 10.0 Å². The molecule has 0 heterocycles. The van der Waals surface area contributed by atoms with Gasteiger partial charge >= 0.3 is 0 Å². The molecule has 5 fully saturated rings. The fraction of sp³-hybridized carbons (Fsp3) is 0.619. The molecule has 0 saturated heterocycles. The van der Waals surface area contributed by atoms with Gasteiger partial charge in [-0.25, -0.2) is 12.8 Å². The van der Waals surface area contributed by atoms with E-state index in [1.165, 1.54) is 18.2 Å². The summed E-state index contributed by atoms with van der Waals surface area (Å²) in [6.07, 6.45) is 4.91. The minimum absolute atomic E-state index is 0.0723. The summed E-state index contributed by atoms with van der Waals surface area (Å²) in [6, 6.07) is 5.06. The Morgan fingerprint density at radius 2 is 1.70 bits per heavy atom. The van der Waals surface area contributed by atoms with Crippen molar-refractivity contribution >= 4 is 21.8 Å². The van der Waals surface area contributed by atoms with Crippen LogP contribution in [0, 0.1) is 29.0 Å². The molecule has 9 heteroatoms. The second kappa shape index (κ2) is 6.50. The largest absolute Gasteiger partial charge is 0.369 e. The number of sulfonamides is 1. The van der Waals surface area contributed by atoms with Gasteiger partial charge in [-0.15, -0.1) is 0 Å². The van der Waals surface area contributed by atoms with E-state index in [1.807, 2.05) is 0 Å². The summed E-state index contributed by atoms with van der Waals surface area (Å²) in [7, 11) is -4.16. The predicted molar refractivity (Wildman–Crippen MR) is 106 cm³/mol. The Labute approximate surface area is 175 Å². The first-order valence-electron chi connectivity index (χ1n) is 10.5. The van der Waals surface area contributed by atoms with E-state index in [-0.39, 0.29) is 29.7 Å². The minimum Gasteiger partial charge on any atom is -0.369 e. The summed E-state index contributed by atoms with van der Waals surface area (Å²) in [5, 5.41) is 3.10. The summed E-state index contributed by atoms with van der Waals surface area (Å²) in [5.74, 6) is -0.592. The van der Waals surface area contributed by atoms with E-state index >= 15 is 0 Å². The third-order valence-electron chi connectivity index (χ3n) is 7.73. The van der Waals surface area contributed by atoms with Gasteiger partial charge in [0.1, 0.15) is 16.3 Å². The first-order valence-corrected chi connectivity index (χ1v) is 12.0. The van der Waals surface area contributed by atoms with Crippen LogP contribution in [0.1, 0.15) is 44.9 Å². The highest BCUT2D eigenvalue weighted by Gasteiger charge is 2.60. The van der Waals surface area contributed by atoms with Crippen molar-refractivity contribution in [3.05, 3.63) is 30.1 Å². The van der Waals surface area contributed by atoms with Gasteiger partial charge in [-0.2, -0.15) is 4.72 Å². The summed E-state index contributed by atoms with van der Waals surface area (Å²) in [4.78, 5) is 24.7. The first-order chi connectivity index (χ1) is 14.1. The summed E-state index contributed by atoms with van der Waals surface area (Å²) in [5.41, 5.74) is 4.05. The number of amides is 2. The molecule has 2 atom stereocenters. The Bertz CT molecular complexity index is 1010. The van der Waals surface area contributed by atoms with Crippen LogP contribution in [0.25, 0.3) is 0 Å². The first kappa shape index (κ1) is 19.9. The highest BCUT2D eigenvalue weighted by molar-refractivity contribution is 7.89. The number of hydrogen-bond donors (Lipinski definition) is 3. The van der Waals surface area contributed by atoms with E-state index in [0.717, 1.165) is 25.3 Å². The van der Waals surface area contributed by atoms with Crippen LogP contribution < -0.4 is 15.8 Å². The van der Waals surface area contributed by atoms with Crippen LogP contribution in [-0.2, 0) is 19.6 Å². The highest BCUT2D eigenvalue weighted by atomic mass is 32.2. The van der Waals surface area contributed by atoms with Gasteiger partial charge in [0.2, 0.25) is 21.8 Å². The van der Waals surface area contributed by atoms with Crippen molar-refractivity contribution < 1.29 is 22.4 Å². The molecule has 1 aromatic rings. The number of rotatable bonds is 6. The maximum Gasteiger partial charge on any atom is 0.244 e. The number of nitrogens with one attached hydrogen (secondary N) is 2. The maximum atomic E-state index is 14.0. The number of nitrogens with two attached hydrogens (primary N) is 1. The van der Waals surface area contributed by atoms with Crippen LogP contribution in [0.3, 0.4) is 0 Å². The second-order valence-corrected chi connectivity index (χ2v) is 11.4. The summed E-state index contributed by atoms with van der Waals surface area (Å²) >= 11 is 0. The van der Waals surface area contributed by atoms with E-state index < -0.39 is 31.7 Å². The van der Waals surface area contributed by atoms with Gasteiger partial charge in [-0.3, -0.25) is 9.59 Å². The lowest BCUT2D eigenvalue weighted by molar-refractivity contribution is -0.147. The Kier molecular flexibility index (Phi) is 4.32. The summed E-state index contributed by atoms with van der Waals surface area (Å²) in [6.45, 7) is 0. The van der Waals surface area contributed by atoms with Gasteiger partial charge in [0, 0.05) is 11.5 Å². The zero-order valence-electron chi connectivity index (χ0n) is 16.6. The fourth-order valence-corrected chi connectivity index (χ4v) is 7.83. The fourth-order valence-electron chi connectivity index (χ4n) is 6.33. The molecule has 2 amide bonds. The van der Waals surface area contributed by atoms with Crippen LogP contribution in [0.5, 0.6) is 0 Å². The molecule has 5 aliphatic carbocycles. The Balaban J connectivity index is 1.32. The Morgan fingerprint density at radius 3 is 2.27 bits per heavy atom. The third kappa shape index (κ3) is 3.05. The monoisotopic (exact) mass is 435 g/mol. The molecule has 1 aromatic carbocycles. The molecule has 5 saturated carbocycles. The zero-order chi connectivity index (χ0) is 21.3.